The van der Waals surface area contributed by atoms with E-state index in [9.17, 15) is 9.18 Å². The second-order valence-electron chi connectivity index (χ2n) is 3.95. The van der Waals surface area contributed by atoms with Gasteiger partial charge in [-0.2, -0.15) is 0 Å². The fourth-order valence-electron chi connectivity index (χ4n) is 1.90. The molecule has 3 nitrogen and oxygen atoms in total. The van der Waals surface area contributed by atoms with Crippen LogP contribution in [0.15, 0.2) is 18.2 Å². The molecule has 1 atom stereocenters. The molecule has 0 spiro atoms. The second-order valence-corrected chi connectivity index (χ2v) is 3.95. The predicted molar refractivity (Wildman–Crippen MR) is 66.8 cm³/mol. The molecule has 100 valence electrons. The van der Waals surface area contributed by atoms with Crippen LogP contribution in [-0.4, -0.2) is 19.7 Å². The van der Waals surface area contributed by atoms with Gasteiger partial charge in [-0.15, -0.1) is 0 Å². The van der Waals surface area contributed by atoms with Gasteiger partial charge in [0.2, 0.25) is 0 Å². The van der Waals surface area contributed by atoms with Crippen molar-refractivity contribution in [1.29, 1.82) is 0 Å². The number of carbonyl (C=O) groups is 1. The van der Waals surface area contributed by atoms with Crippen molar-refractivity contribution >= 4 is 5.97 Å². The molecule has 0 saturated heterocycles. The minimum absolute atomic E-state index is 0.0627. The summed E-state index contributed by atoms with van der Waals surface area (Å²) in [5, 5.41) is 0. The third kappa shape index (κ3) is 3.81. The van der Waals surface area contributed by atoms with Gasteiger partial charge < -0.3 is 9.47 Å². The lowest BCUT2D eigenvalue weighted by molar-refractivity contribution is -0.139. The number of benzene rings is 1. The molecular weight excluding hydrogens is 235 g/mol. The predicted octanol–water partition coefficient (Wildman–Crippen LogP) is 3.03. The van der Waals surface area contributed by atoms with Crippen LogP contribution in [0, 0.1) is 5.82 Å². The molecular formula is C14H19FO3. The molecule has 0 fully saturated rings. The molecule has 1 unspecified atom stereocenters. The standard InChI is InChI=1S/C14H19FO3/c1-4-13(18-5-2)12-7-6-11(15)8-10(12)9-14(16)17-3/h6-8,13H,4-5,9H2,1-3H3. The Balaban J connectivity index is 3.04. The lowest BCUT2D eigenvalue weighted by atomic mass is 9.98. The van der Waals surface area contributed by atoms with Gasteiger partial charge in [0.1, 0.15) is 5.82 Å². The molecule has 1 rings (SSSR count). The second kappa shape index (κ2) is 7.11. The third-order valence-electron chi connectivity index (χ3n) is 2.75. The molecule has 1 aromatic rings. The third-order valence-corrected chi connectivity index (χ3v) is 2.75. The maximum atomic E-state index is 13.3. The number of ether oxygens (including phenoxy) is 2. The van der Waals surface area contributed by atoms with E-state index in [1.54, 1.807) is 6.07 Å². The van der Waals surface area contributed by atoms with E-state index in [1.807, 2.05) is 13.8 Å². The van der Waals surface area contributed by atoms with Crippen LogP contribution in [0.2, 0.25) is 0 Å². The zero-order valence-corrected chi connectivity index (χ0v) is 11.0. The van der Waals surface area contributed by atoms with Crippen molar-refractivity contribution in [1.82, 2.24) is 0 Å². The van der Waals surface area contributed by atoms with E-state index in [4.69, 9.17) is 4.74 Å². The highest BCUT2D eigenvalue weighted by Crippen LogP contribution is 2.26. The number of esters is 1. The van der Waals surface area contributed by atoms with Crippen molar-refractivity contribution in [2.75, 3.05) is 13.7 Å². The van der Waals surface area contributed by atoms with Crippen LogP contribution in [0.5, 0.6) is 0 Å². The van der Waals surface area contributed by atoms with Gasteiger partial charge in [0.15, 0.2) is 0 Å². The van der Waals surface area contributed by atoms with E-state index in [0.29, 0.717) is 12.2 Å². The molecule has 18 heavy (non-hydrogen) atoms. The zero-order chi connectivity index (χ0) is 13.5. The number of carbonyl (C=O) groups excluding carboxylic acids is 1. The number of hydrogen-bond donors (Lipinski definition) is 0. The number of methoxy groups -OCH3 is 1. The molecule has 0 aliphatic carbocycles. The summed E-state index contributed by atoms with van der Waals surface area (Å²) in [6.07, 6.45) is 0.719. The van der Waals surface area contributed by atoms with E-state index in [1.165, 1.54) is 19.2 Å². The van der Waals surface area contributed by atoms with E-state index >= 15 is 0 Å². The molecule has 0 heterocycles. The summed E-state index contributed by atoms with van der Waals surface area (Å²) in [6, 6.07) is 4.43. The van der Waals surface area contributed by atoms with Crippen molar-refractivity contribution in [3.05, 3.63) is 35.1 Å². The Bertz CT molecular complexity index is 404. The molecule has 0 radical (unpaired) electrons. The van der Waals surface area contributed by atoms with Crippen LogP contribution >= 0.6 is 0 Å². The average Bonchev–Trinajstić information content (AvgIpc) is 2.36. The minimum atomic E-state index is -0.381. The molecule has 1 aromatic carbocycles. The van der Waals surface area contributed by atoms with Crippen LogP contribution in [0.25, 0.3) is 0 Å². The topological polar surface area (TPSA) is 35.5 Å². The summed E-state index contributed by atoms with van der Waals surface area (Å²) in [4.78, 5) is 11.3. The highest BCUT2D eigenvalue weighted by atomic mass is 19.1. The van der Waals surface area contributed by atoms with Gasteiger partial charge in [-0.1, -0.05) is 13.0 Å². The summed E-state index contributed by atoms with van der Waals surface area (Å²) in [5.41, 5.74) is 1.48. The summed E-state index contributed by atoms with van der Waals surface area (Å²) in [6.45, 7) is 4.48. The number of rotatable bonds is 6. The van der Waals surface area contributed by atoms with Gasteiger partial charge in [0.25, 0.3) is 0 Å². The largest absolute Gasteiger partial charge is 0.469 e. The minimum Gasteiger partial charge on any atom is -0.469 e. The van der Waals surface area contributed by atoms with Gasteiger partial charge in [-0.25, -0.2) is 4.39 Å². The van der Waals surface area contributed by atoms with Crippen molar-refractivity contribution in [2.24, 2.45) is 0 Å². The lowest BCUT2D eigenvalue weighted by Crippen LogP contribution is -2.11. The molecule has 0 saturated carbocycles. The quantitative estimate of drug-likeness (QED) is 0.732. The lowest BCUT2D eigenvalue weighted by Gasteiger charge is -2.19. The first-order valence-corrected chi connectivity index (χ1v) is 6.09. The molecule has 0 amide bonds. The Morgan fingerprint density at radius 1 is 1.39 bits per heavy atom. The van der Waals surface area contributed by atoms with Crippen LogP contribution in [-0.2, 0) is 20.7 Å². The Morgan fingerprint density at radius 3 is 2.67 bits per heavy atom. The average molecular weight is 254 g/mol. The Labute approximate surface area is 107 Å². The van der Waals surface area contributed by atoms with E-state index in [0.717, 1.165) is 12.0 Å². The van der Waals surface area contributed by atoms with Gasteiger partial charge in [-0.3, -0.25) is 4.79 Å². The number of halogens is 1. The highest BCUT2D eigenvalue weighted by Gasteiger charge is 2.16. The van der Waals surface area contributed by atoms with Crippen molar-refractivity contribution in [2.45, 2.75) is 32.8 Å². The fraction of sp³-hybridized carbons (Fsp3) is 0.500. The number of hydrogen-bond acceptors (Lipinski definition) is 3. The van der Waals surface area contributed by atoms with E-state index < -0.39 is 0 Å². The van der Waals surface area contributed by atoms with Crippen molar-refractivity contribution < 1.29 is 18.7 Å². The first kappa shape index (κ1) is 14.6. The Kier molecular flexibility index (Phi) is 5.78. The summed E-state index contributed by atoms with van der Waals surface area (Å²) in [7, 11) is 1.32. The maximum Gasteiger partial charge on any atom is 0.309 e. The first-order chi connectivity index (χ1) is 8.62. The molecule has 0 aliphatic rings. The summed E-state index contributed by atoms with van der Waals surface area (Å²) < 4.78 is 23.5. The van der Waals surface area contributed by atoms with Crippen LogP contribution in [0.4, 0.5) is 4.39 Å². The Hall–Kier alpha value is -1.42. The Morgan fingerprint density at radius 2 is 2.11 bits per heavy atom. The first-order valence-electron chi connectivity index (χ1n) is 6.09. The van der Waals surface area contributed by atoms with E-state index in [-0.39, 0.29) is 24.3 Å². The van der Waals surface area contributed by atoms with Crippen LogP contribution in [0.1, 0.15) is 37.5 Å². The van der Waals surface area contributed by atoms with Gasteiger partial charge in [-0.05, 0) is 36.6 Å². The van der Waals surface area contributed by atoms with Crippen LogP contribution in [0.3, 0.4) is 0 Å². The monoisotopic (exact) mass is 254 g/mol. The van der Waals surface area contributed by atoms with Crippen molar-refractivity contribution in [3.63, 3.8) is 0 Å². The molecule has 0 N–H and O–H groups in total. The van der Waals surface area contributed by atoms with Crippen LogP contribution < -0.4 is 0 Å². The van der Waals surface area contributed by atoms with Gasteiger partial charge in [0, 0.05) is 6.61 Å². The molecule has 0 aromatic heterocycles. The molecule has 0 bridgehead atoms. The molecule has 0 aliphatic heterocycles. The van der Waals surface area contributed by atoms with E-state index in [2.05, 4.69) is 4.74 Å². The normalized spacial score (nSPS) is 12.2. The van der Waals surface area contributed by atoms with Gasteiger partial charge >= 0.3 is 5.97 Å². The highest BCUT2D eigenvalue weighted by molar-refractivity contribution is 5.73. The SMILES string of the molecule is CCOC(CC)c1ccc(F)cc1CC(=O)OC. The summed E-state index contributed by atoms with van der Waals surface area (Å²) >= 11 is 0. The molecule has 4 heteroatoms. The van der Waals surface area contributed by atoms with Gasteiger partial charge in [0.05, 0.1) is 19.6 Å². The van der Waals surface area contributed by atoms with Crippen molar-refractivity contribution in [3.8, 4) is 0 Å². The zero-order valence-electron chi connectivity index (χ0n) is 11.0. The smallest absolute Gasteiger partial charge is 0.309 e. The fourth-order valence-corrected chi connectivity index (χ4v) is 1.90. The summed E-state index contributed by atoms with van der Waals surface area (Å²) in [5.74, 6) is -0.739. The maximum absolute atomic E-state index is 13.3.